The number of carbonyl (C=O) groups excluding carboxylic acids is 2. The van der Waals surface area contributed by atoms with Crippen LogP contribution in [-0.4, -0.2) is 37.7 Å². The fourth-order valence-corrected chi connectivity index (χ4v) is 1.06. The summed E-state index contributed by atoms with van der Waals surface area (Å²) < 4.78 is 2.43. The molecular formula is C7H12BIN2O2. The van der Waals surface area contributed by atoms with E-state index in [-0.39, 0.29) is 24.7 Å². The van der Waals surface area contributed by atoms with Crippen LogP contribution < -0.4 is 3.53 Å². The van der Waals surface area contributed by atoms with E-state index >= 15 is 0 Å². The molecule has 0 aromatic heterocycles. The summed E-state index contributed by atoms with van der Waals surface area (Å²) in [6, 6.07) is 0. The number of nitrogens with one attached hydrogen (secondary N) is 1. The first kappa shape index (κ1) is 12.7. The maximum absolute atomic E-state index is 11.2. The first-order valence-corrected chi connectivity index (χ1v) is 5.10. The van der Waals surface area contributed by atoms with Crippen molar-refractivity contribution in [3.8, 4) is 0 Å². The highest BCUT2D eigenvalue weighted by atomic mass is 127. The van der Waals surface area contributed by atoms with Crippen molar-refractivity contribution in [1.29, 1.82) is 0 Å². The molecule has 0 aromatic rings. The van der Waals surface area contributed by atoms with Gasteiger partial charge in [0.05, 0.1) is 30.7 Å². The van der Waals surface area contributed by atoms with Crippen molar-refractivity contribution in [2.75, 3.05) is 13.1 Å². The summed E-state index contributed by atoms with van der Waals surface area (Å²) in [5.74, 6) is -0.377. The third-order valence-corrected chi connectivity index (χ3v) is 2.06. The normalized spacial score (nSPS) is 9.38. The molecule has 0 aromatic carbocycles. The van der Waals surface area contributed by atoms with Gasteiger partial charge in [0.15, 0.2) is 0 Å². The van der Waals surface area contributed by atoms with E-state index < -0.39 is 0 Å². The standard InChI is InChI=1S/C7H12BIN2O2/c1-2-3-11(7(13)4-8)5-6(12)10-9/h2-5H2,1H3,(H,10,12). The van der Waals surface area contributed by atoms with Crippen molar-refractivity contribution in [2.24, 2.45) is 0 Å². The molecule has 6 heteroatoms. The Hall–Kier alpha value is -0.265. The van der Waals surface area contributed by atoms with E-state index in [2.05, 4.69) is 3.53 Å². The van der Waals surface area contributed by atoms with Crippen molar-refractivity contribution in [2.45, 2.75) is 19.7 Å². The molecule has 4 nitrogen and oxygen atoms in total. The number of rotatable bonds is 5. The Kier molecular flexibility index (Phi) is 7.02. The lowest BCUT2D eigenvalue weighted by Gasteiger charge is -2.20. The summed E-state index contributed by atoms with van der Waals surface area (Å²) in [7, 11) is 5.20. The van der Waals surface area contributed by atoms with E-state index in [0.29, 0.717) is 6.54 Å². The quantitative estimate of drug-likeness (QED) is 0.450. The third-order valence-electron chi connectivity index (χ3n) is 1.46. The second-order valence-electron chi connectivity index (χ2n) is 2.54. The number of halogens is 1. The molecule has 0 unspecified atom stereocenters. The van der Waals surface area contributed by atoms with E-state index in [4.69, 9.17) is 7.85 Å². The van der Waals surface area contributed by atoms with Gasteiger partial charge in [0.25, 0.3) is 0 Å². The predicted molar refractivity (Wildman–Crippen MR) is 59.6 cm³/mol. The van der Waals surface area contributed by atoms with E-state index in [1.165, 1.54) is 4.90 Å². The first-order chi connectivity index (χ1) is 6.15. The van der Waals surface area contributed by atoms with Crippen LogP contribution in [0.4, 0.5) is 0 Å². The highest BCUT2D eigenvalue weighted by Gasteiger charge is 2.13. The minimum atomic E-state index is -0.193. The second-order valence-corrected chi connectivity index (χ2v) is 3.08. The molecule has 0 rings (SSSR count). The van der Waals surface area contributed by atoms with Crippen LogP contribution in [-0.2, 0) is 9.59 Å². The van der Waals surface area contributed by atoms with Crippen LogP contribution in [0.5, 0.6) is 0 Å². The Bertz CT molecular complexity index is 189. The summed E-state index contributed by atoms with van der Waals surface area (Å²) in [6.07, 6.45) is 0.773. The molecule has 0 fully saturated rings. The molecule has 0 aliphatic heterocycles. The molecule has 1 N–H and O–H groups in total. The van der Waals surface area contributed by atoms with Crippen LogP contribution in [0, 0.1) is 0 Å². The van der Waals surface area contributed by atoms with E-state index in [9.17, 15) is 9.59 Å². The fourth-order valence-electron chi connectivity index (χ4n) is 0.894. The number of hydrogen-bond acceptors (Lipinski definition) is 2. The Balaban J connectivity index is 4.08. The first-order valence-electron chi connectivity index (χ1n) is 4.03. The van der Waals surface area contributed by atoms with Gasteiger partial charge in [-0.1, -0.05) is 6.92 Å². The largest absolute Gasteiger partial charge is 0.334 e. The molecule has 0 aliphatic rings. The molecule has 0 heterocycles. The molecule has 13 heavy (non-hydrogen) atoms. The van der Waals surface area contributed by atoms with E-state index in [1.54, 1.807) is 22.9 Å². The van der Waals surface area contributed by atoms with Gasteiger partial charge in [-0.05, 0) is 12.7 Å². The predicted octanol–water partition coefficient (Wildman–Crippen LogP) is 0.278. The average molecular weight is 294 g/mol. The highest BCUT2D eigenvalue weighted by molar-refractivity contribution is 14.1. The molecule has 2 amide bonds. The zero-order chi connectivity index (χ0) is 10.3. The maximum atomic E-state index is 11.2. The van der Waals surface area contributed by atoms with E-state index in [0.717, 1.165) is 6.42 Å². The minimum Gasteiger partial charge on any atom is -0.334 e. The zero-order valence-electron chi connectivity index (χ0n) is 7.55. The summed E-state index contributed by atoms with van der Waals surface area (Å²) in [4.78, 5) is 23.6. The van der Waals surface area contributed by atoms with E-state index in [1.807, 2.05) is 6.92 Å². The third kappa shape index (κ3) is 5.12. The lowest BCUT2D eigenvalue weighted by atomic mass is 10.0. The summed E-state index contributed by atoms with van der Waals surface area (Å²) in [5.41, 5.74) is 0. The van der Waals surface area contributed by atoms with Crippen LogP contribution in [0.25, 0.3) is 0 Å². The van der Waals surface area contributed by atoms with Gasteiger partial charge in [-0.15, -0.1) is 0 Å². The smallest absolute Gasteiger partial charge is 0.248 e. The minimum absolute atomic E-state index is 0.0471. The lowest BCUT2D eigenvalue weighted by molar-refractivity contribution is -0.133. The molecule has 2 radical (unpaired) electrons. The number of carbonyl (C=O) groups is 2. The molecule has 0 atom stereocenters. The molecular weight excluding hydrogens is 282 g/mol. The van der Waals surface area contributed by atoms with Gasteiger partial charge < -0.3 is 4.90 Å². The maximum Gasteiger partial charge on any atom is 0.248 e. The molecule has 0 bridgehead atoms. The SMILES string of the molecule is [B]CC(=O)N(CCC)CC(=O)NI. The van der Waals surface area contributed by atoms with Gasteiger partial charge in [-0.25, -0.2) is 0 Å². The van der Waals surface area contributed by atoms with Gasteiger partial charge >= 0.3 is 0 Å². The molecule has 0 saturated carbocycles. The van der Waals surface area contributed by atoms with Crippen molar-refractivity contribution in [3.05, 3.63) is 0 Å². The van der Waals surface area contributed by atoms with Crippen molar-refractivity contribution in [1.82, 2.24) is 8.43 Å². The van der Waals surface area contributed by atoms with Gasteiger partial charge in [0.1, 0.15) is 6.54 Å². The molecule has 0 aliphatic carbocycles. The second kappa shape index (κ2) is 7.17. The topological polar surface area (TPSA) is 49.4 Å². The molecule has 0 saturated heterocycles. The summed E-state index contributed by atoms with van der Waals surface area (Å²) in [6.45, 7) is 2.60. The van der Waals surface area contributed by atoms with Crippen molar-refractivity contribution in [3.63, 3.8) is 0 Å². The Morgan fingerprint density at radius 3 is 2.54 bits per heavy atom. The van der Waals surface area contributed by atoms with Crippen molar-refractivity contribution >= 4 is 42.5 Å². The van der Waals surface area contributed by atoms with Gasteiger partial charge in [0.2, 0.25) is 11.8 Å². The van der Waals surface area contributed by atoms with Gasteiger partial charge in [0, 0.05) is 6.54 Å². The Labute approximate surface area is 93.3 Å². The fraction of sp³-hybridized carbons (Fsp3) is 0.714. The monoisotopic (exact) mass is 294 g/mol. The Morgan fingerprint density at radius 1 is 1.54 bits per heavy atom. The zero-order valence-corrected chi connectivity index (χ0v) is 9.70. The van der Waals surface area contributed by atoms with Crippen molar-refractivity contribution < 1.29 is 9.59 Å². The number of amides is 2. The van der Waals surface area contributed by atoms with Crippen LogP contribution in [0.2, 0.25) is 6.32 Å². The van der Waals surface area contributed by atoms with Gasteiger partial charge in [-0.3, -0.25) is 13.1 Å². The highest BCUT2D eigenvalue weighted by Crippen LogP contribution is 1.95. The number of nitrogens with zero attached hydrogens (tertiary/aromatic N) is 1. The van der Waals surface area contributed by atoms with Crippen LogP contribution in [0.1, 0.15) is 13.3 Å². The molecule has 72 valence electrons. The summed E-state index contributed by atoms with van der Waals surface area (Å²) >= 11 is 1.74. The van der Waals surface area contributed by atoms with Crippen LogP contribution in [0.15, 0.2) is 0 Å². The summed E-state index contributed by atoms with van der Waals surface area (Å²) in [5, 5.41) is 0. The molecule has 0 spiro atoms. The average Bonchev–Trinajstić information content (AvgIpc) is 2.15. The van der Waals surface area contributed by atoms with Crippen LogP contribution in [0.3, 0.4) is 0 Å². The number of hydrogen-bond donors (Lipinski definition) is 1. The van der Waals surface area contributed by atoms with Gasteiger partial charge in [-0.2, -0.15) is 0 Å². The van der Waals surface area contributed by atoms with Crippen LogP contribution >= 0.6 is 22.9 Å². The lowest BCUT2D eigenvalue weighted by Crippen LogP contribution is -2.38. The Morgan fingerprint density at radius 2 is 2.15 bits per heavy atom.